The Labute approximate surface area is 108 Å². The SMILES string of the molecule is Cn1nccc1CCNc1nc2ccc(F)cn2n1. The minimum Gasteiger partial charge on any atom is -0.353 e. The smallest absolute Gasteiger partial charge is 0.243 e. The van der Waals surface area contributed by atoms with E-state index in [-0.39, 0.29) is 5.82 Å². The van der Waals surface area contributed by atoms with E-state index in [2.05, 4.69) is 20.5 Å². The van der Waals surface area contributed by atoms with Crippen molar-refractivity contribution in [2.24, 2.45) is 7.05 Å². The fourth-order valence-electron chi connectivity index (χ4n) is 1.88. The first-order valence-electron chi connectivity index (χ1n) is 5.95. The van der Waals surface area contributed by atoms with E-state index in [1.807, 2.05) is 17.8 Å². The first-order valence-corrected chi connectivity index (χ1v) is 5.95. The molecule has 0 spiro atoms. The fraction of sp³-hybridized carbons (Fsp3) is 0.250. The Bertz CT molecular complexity index is 701. The minimum atomic E-state index is -0.334. The summed E-state index contributed by atoms with van der Waals surface area (Å²) in [5.41, 5.74) is 1.74. The molecule has 1 N–H and O–H groups in total. The standard InChI is InChI=1S/C12H13FN6/c1-18-10(5-7-15-18)4-6-14-12-16-11-3-2-9(13)8-19(11)17-12/h2-3,5,7-8H,4,6H2,1H3,(H,14,17). The summed E-state index contributed by atoms with van der Waals surface area (Å²) in [5, 5.41) is 11.4. The molecule has 0 aliphatic heterocycles. The second kappa shape index (κ2) is 4.68. The molecule has 0 atom stereocenters. The van der Waals surface area contributed by atoms with Gasteiger partial charge in [0.15, 0.2) is 5.65 Å². The van der Waals surface area contributed by atoms with Gasteiger partial charge in [-0.3, -0.25) is 4.68 Å². The van der Waals surface area contributed by atoms with Crippen LogP contribution in [0.5, 0.6) is 0 Å². The number of anilines is 1. The molecule has 3 aromatic heterocycles. The van der Waals surface area contributed by atoms with Crippen LogP contribution in [-0.2, 0) is 13.5 Å². The minimum absolute atomic E-state index is 0.334. The number of hydrogen-bond donors (Lipinski definition) is 1. The number of aryl methyl sites for hydroxylation is 1. The number of hydrogen-bond acceptors (Lipinski definition) is 4. The van der Waals surface area contributed by atoms with E-state index in [1.54, 1.807) is 12.3 Å². The highest BCUT2D eigenvalue weighted by Crippen LogP contribution is 2.07. The van der Waals surface area contributed by atoms with E-state index in [0.717, 1.165) is 12.1 Å². The van der Waals surface area contributed by atoms with Crippen molar-refractivity contribution in [1.82, 2.24) is 24.4 Å². The molecule has 19 heavy (non-hydrogen) atoms. The van der Waals surface area contributed by atoms with E-state index < -0.39 is 0 Å². The van der Waals surface area contributed by atoms with Crippen LogP contribution in [-0.4, -0.2) is 30.9 Å². The number of rotatable bonds is 4. The number of nitrogens with one attached hydrogen (secondary N) is 1. The van der Waals surface area contributed by atoms with Crippen LogP contribution in [0.15, 0.2) is 30.6 Å². The largest absolute Gasteiger partial charge is 0.353 e. The number of nitrogens with zero attached hydrogens (tertiary/aromatic N) is 5. The molecule has 3 rings (SSSR count). The lowest BCUT2D eigenvalue weighted by Crippen LogP contribution is -2.09. The fourth-order valence-corrected chi connectivity index (χ4v) is 1.88. The lowest BCUT2D eigenvalue weighted by Gasteiger charge is -2.02. The zero-order valence-corrected chi connectivity index (χ0v) is 10.4. The number of fused-ring (bicyclic) bond motifs is 1. The van der Waals surface area contributed by atoms with Crippen LogP contribution in [0.4, 0.5) is 10.3 Å². The summed E-state index contributed by atoms with van der Waals surface area (Å²) in [7, 11) is 1.90. The van der Waals surface area contributed by atoms with Gasteiger partial charge in [0.2, 0.25) is 5.95 Å². The lowest BCUT2D eigenvalue weighted by atomic mass is 10.3. The third kappa shape index (κ3) is 2.40. The summed E-state index contributed by atoms with van der Waals surface area (Å²) >= 11 is 0. The molecule has 6 nitrogen and oxygen atoms in total. The predicted molar refractivity (Wildman–Crippen MR) is 68.3 cm³/mol. The summed E-state index contributed by atoms with van der Waals surface area (Å²) in [5.74, 6) is 0.159. The molecular formula is C12H13FN6. The van der Waals surface area contributed by atoms with Gasteiger partial charge < -0.3 is 5.32 Å². The van der Waals surface area contributed by atoms with Gasteiger partial charge in [0.05, 0.1) is 6.20 Å². The third-order valence-electron chi connectivity index (χ3n) is 2.88. The molecule has 0 aliphatic rings. The Morgan fingerprint density at radius 1 is 1.32 bits per heavy atom. The topological polar surface area (TPSA) is 60.0 Å². The molecule has 0 fully saturated rings. The molecular weight excluding hydrogens is 247 g/mol. The van der Waals surface area contributed by atoms with Gasteiger partial charge in [-0.05, 0) is 18.2 Å². The molecule has 0 saturated carbocycles. The van der Waals surface area contributed by atoms with Crippen LogP contribution in [0.2, 0.25) is 0 Å². The van der Waals surface area contributed by atoms with Gasteiger partial charge in [0.1, 0.15) is 5.82 Å². The quantitative estimate of drug-likeness (QED) is 0.767. The van der Waals surface area contributed by atoms with Crippen molar-refractivity contribution < 1.29 is 4.39 Å². The van der Waals surface area contributed by atoms with Crippen LogP contribution in [0.3, 0.4) is 0 Å². The number of pyridine rings is 1. The molecule has 0 radical (unpaired) electrons. The van der Waals surface area contributed by atoms with Crippen molar-refractivity contribution >= 4 is 11.6 Å². The highest BCUT2D eigenvalue weighted by molar-refractivity contribution is 5.43. The van der Waals surface area contributed by atoms with Crippen LogP contribution < -0.4 is 5.32 Å². The number of aromatic nitrogens is 5. The molecule has 0 saturated heterocycles. The Hall–Kier alpha value is -2.44. The zero-order chi connectivity index (χ0) is 13.2. The van der Waals surface area contributed by atoms with Gasteiger partial charge in [-0.1, -0.05) is 0 Å². The van der Waals surface area contributed by atoms with E-state index in [4.69, 9.17) is 0 Å². The second-order valence-electron chi connectivity index (χ2n) is 4.21. The predicted octanol–water partition coefficient (Wildman–Crippen LogP) is 1.26. The molecule has 3 heterocycles. The van der Waals surface area contributed by atoms with E-state index in [0.29, 0.717) is 18.1 Å². The Kier molecular flexibility index (Phi) is 2.86. The van der Waals surface area contributed by atoms with Crippen LogP contribution in [0.1, 0.15) is 5.69 Å². The Balaban J connectivity index is 1.67. The maximum absolute atomic E-state index is 13.0. The van der Waals surface area contributed by atoms with Gasteiger partial charge in [-0.2, -0.15) is 10.1 Å². The highest BCUT2D eigenvalue weighted by Gasteiger charge is 2.04. The summed E-state index contributed by atoms with van der Waals surface area (Å²) in [6.07, 6.45) is 3.89. The van der Waals surface area contributed by atoms with E-state index >= 15 is 0 Å². The maximum atomic E-state index is 13.0. The summed E-state index contributed by atoms with van der Waals surface area (Å²) in [6, 6.07) is 4.92. The Morgan fingerprint density at radius 3 is 3.00 bits per heavy atom. The molecule has 0 aliphatic carbocycles. The van der Waals surface area contributed by atoms with Crippen molar-refractivity contribution in [3.05, 3.63) is 42.1 Å². The molecule has 3 aromatic rings. The normalized spacial score (nSPS) is 11.1. The van der Waals surface area contributed by atoms with Crippen LogP contribution in [0, 0.1) is 5.82 Å². The van der Waals surface area contributed by atoms with Gasteiger partial charge >= 0.3 is 0 Å². The van der Waals surface area contributed by atoms with Crippen molar-refractivity contribution in [1.29, 1.82) is 0 Å². The monoisotopic (exact) mass is 260 g/mol. The van der Waals surface area contributed by atoms with Gasteiger partial charge in [-0.25, -0.2) is 8.91 Å². The molecule has 7 heteroatoms. The van der Waals surface area contributed by atoms with Gasteiger partial charge in [0.25, 0.3) is 0 Å². The maximum Gasteiger partial charge on any atom is 0.243 e. The summed E-state index contributed by atoms with van der Waals surface area (Å²) in [4.78, 5) is 4.25. The van der Waals surface area contributed by atoms with Gasteiger partial charge in [-0.15, -0.1) is 5.10 Å². The molecule has 0 bridgehead atoms. The summed E-state index contributed by atoms with van der Waals surface area (Å²) < 4.78 is 16.3. The van der Waals surface area contributed by atoms with E-state index in [1.165, 1.54) is 16.8 Å². The van der Waals surface area contributed by atoms with E-state index in [9.17, 15) is 4.39 Å². The molecule has 0 unspecified atom stereocenters. The molecule has 0 aromatic carbocycles. The van der Waals surface area contributed by atoms with Crippen molar-refractivity contribution in [3.63, 3.8) is 0 Å². The van der Waals surface area contributed by atoms with Crippen molar-refractivity contribution in [3.8, 4) is 0 Å². The van der Waals surface area contributed by atoms with Crippen LogP contribution >= 0.6 is 0 Å². The second-order valence-corrected chi connectivity index (χ2v) is 4.21. The van der Waals surface area contributed by atoms with Gasteiger partial charge in [0, 0.05) is 31.9 Å². The average Bonchev–Trinajstić information content (AvgIpc) is 2.95. The van der Waals surface area contributed by atoms with Crippen LogP contribution in [0.25, 0.3) is 5.65 Å². The van der Waals surface area contributed by atoms with Crippen molar-refractivity contribution in [2.45, 2.75) is 6.42 Å². The summed E-state index contributed by atoms with van der Waals surface area (Å²) in [6.45, 7) is 0.693. The average molecular weight is 260 g/mol. The number of halogens is 1. The lowest BCUT2D eigenvalue weighted by molar-refractivity contribution is 0.615. The first kappa shape index (κ1) is 11.6. The first-order chi connectivity index (χ1) is 9.22. The highest BCUT2D eigenvalue weighted by atomic mass is 19.1. The molecule has 98 valence electrons. The zero-order valence-electron chi connectivity index (χ0n) is 10.4. The van der Waals surface area contributed by atoms with Crippen molar-refractivity contribution in [2.75, 3.05) is 11.9 Å². The third-order valence-corrected chi connectivity index (χ3v) is 2.88. The molecule has 0 amide bonds. The Morgan fingerprint density at radius 2 is 2.21 bits per heavy atom.